The summed E-state index contributed by atoms with van der Waals surface area (Å²) in [5.74, 6) is 0. The molecule has 0 radical (unpaired) electrons. The maximum atomic E-state index is 12.5. The van der Waals surface area contributed by atoms with Gasteiger partial charge in [-0.25, -0.2) is 8.78 Å². The van der Waals surface area contributed by atoms with Crippen LogP contribution in [0.25, 0.3) is 0 Å². The highest BCUT2D eigenvalue weighted by atomic mass is 19.4. The number of hydrogen-bond acceptors (Lipinski definition) is 2. The van der Waals surface area contributed by atoms with Crippen LogP contribution in [0.2, 0.25) is 0 Å². The van der Waals surface area contributed by atoms with Gasteiger partial charge in [0, 0.05) is 5.56 Å². The van der Waals surface area contributed by atoms with E-state index in [0.29, 0.717) is 5.56 Å². The van der Waals surface area contributed by atoms with Gasteiger partial charge in [-0.2, -0.15) is 13.2 Å². The van der Waals surface area contributed by atoms with Crippen molar-refractivity contribution in [3.63, 3.8) is 0 Å². The molecule has 0 fully saturated rings. The summed E-state index contributed by atoms with van der Waals surface area (Å²) in [6.45, 7) is -0.0595. The molecule has 0 aliphatic heterocycles. The van der Waals surface area contributed by atoms with Gasteiger partial charge in [0.1, 0.15) is 6.61 Å². The summed E-state index contributed by atoms with van der Waals surface area (Å²) in [6.07, 6.45) is -5.88. The Morgan fingerprint density at radius 1 is 1.04 bits per heavy atom. The van der Waals surface area contributed by atoms with Crippen molar-refractivity contribution < 1.29 is 26.8 Å². The van der Waals surface area contributed by atoms with Crippen LogP contribution in [0.4, 0.5) is 22.0 Å². The van der Waals surface area contributed by atoms with Gasteiger partial charge in [-0.15, -0.1) is 0 Å². The first-order chi connectivity index (χ1) is 10.9. The lowest BCUT2D eigenvalue weighted by molar-refractivity contribution is -0.137. The molecular weight excluding hydrogens is 317 g/mol. The highest BCUT2D eigenvalue weighted by Crippen LogP contribution is 2.29. The molecule has 2 aromatic carbocycles. The van der Waals surface area contributed by atoms with E-state index < -0.39 is 18.2 Å². The Morgan fingerprint density at radius 2 is 1.78 bits per heavy atom. The van der Waals surface area contributed by atoms with Crippen LogP contribution in [-0.2, 0) is 17.6 Å². The summed E-state index contributed by atoms with van der Waals surface area (Å²) in [6, 6.07) is 10.2. The van der Waals surface area contributed by atoms with E-state index in [1.165, 1.54) is 30.3 Å². The molecule has 2 rings (SSSR count). The molecule has 2 aromatic rings. The largest absolute Gasteiger partial charge is 0.416 e. The Kier molecular flexibility index (Phi) is 5.31. The zero-order chi connectivity index (χ0) is 16.9. The van der Waals surface area contributed by atoms with Crippen molar-refractivity contribution in [2.75, 3.05) is 0 Å². The molecular formula is C16H12F5NO. The third-order valence-electron chi connectivity index (χ3n) is 2.92. The summed E-state index contributed by atoms with van der Waals surface area (Å²) >= 11 is 0. The molecule has 0 amide bonds. The first-order valence-corrected chi connectivity index (χ1v) is 6.56. The summed E-state index contributed by atoms with van der Waals surface area (Å²) in [5.41, 5.74) is -0.204. The Bertz CT molecular complexity index is 682. The summed E-state index contributed by atoms with van der Waals surface area (Å²) in [4.78, 5) is 4.93. The first-order valence-electron chi connectivity index (χ1n) is 6.56. The van der Waals surface area contributed by atoms with Crippen molar-refractivity contribution in [1.82, 2.24) is 0 Å². The SMILES string of the molecule is FC(F)c1cccc(CON=Cc2cccc(C(F)(F)F)c2)c1. The highest BCUT2D eigenvalue weighted by molar-refractivity contribution is 5.79. The fraction of sp³-hybridized carbons (Fsp3) is 0.188. The maximum absolute atomic E-state index is 12.5. The molecule has 0 atom stereocenters. The minimum atomic E-state index is -4.43. The van der Waals surface area contributed by atoms with E-state index in [1.54, 1.807) is 6.07 Å². The van der Waals surface area contributed by atoms with Crippen LogP contribution in [0.5, 0.6) is 0 Å². The van der Waals surface area contributed by atoms with Crippen molar-refractivity contribution in [1.29, 1.82) is 0 Å². The van der Waals surface area contributed by atoms with Gasteiger partial charge >= 0.3 is 6.18 Å². The van der Waals surface area contributed by atoms with Crippen molar-refractivity contribution in [2.24, 2.45) is 5.16 Å². The number of benzene rings is 2. The Balaban J connectivity index is 1.96. The maximum Gasteiger partial charge on any atom is 0.416 e. The lowest BCUT2D eigenvalue weighted by atomic mass is 10.1. The van der Waals surface area contributed by atoms with E-state index in [0.717, 1.165) is 18.3 Å². The lowest BCUT2D eigenvalue weighted by Gasteiger charge is -2.06. The second-order valence-electron chi connectivity index (χ2n) is 4.68. The quantitative estimate of drug-likeness (QED) is 0.420. The van der Waals surface area contributed by atoms with Crippen LogP contribution >= 0.6 is 0 Å². The molecule has 122 valence electrons. The predicted molar refractivity (Wildman–Crippen MR) is 75.2 cm³/mol. The summed E-state index contributed by atoms with van der Waals surface area (Å²) in [7, 11) is 0. The fourth-order valence-electron chi connectivity index (χ4n) is 1.82. The Labute approximate surface area is 129 Å². The second kappa shape index (κ2) is 7.21. The normalized spacial score (nSPS) is 12.1. The van der Waals surface area contributed by atoms with Gasteiger partial charge in [0.2, 0.25) is 0 Å². The van der Waals surface area contributed by atoms with E-state index >= 15 is 0 Å². The van der Waals surface area contributed by atoms with Gasteiger partial charge < -0.3 is 4.84 Å². The molecule has 0 unspecified atom stereocenters. The number of hydrogen-bond donors (Lipinski definition) is 0. The molecule has 2 nitrogen and oxygen atoms in total. The third kappa shape index (κ3) is 5.05. The Hall–Kier alpha value is -2.44. The van der Waals surface area contributed by atoms with E-state index in [9.17, 15) is 22.0 Å². The highest BCUT2D eigenvalue weighted by Gasteiger charge is 2.30. The minimum absolute atomic E-state index is 0.0595. The molecule has 23 heavy (non-hydrogen) atoms. The van der Waals surface area contributed by atoms with Gasteiger partial charge in [-0.05, 0) is 29.3 Å². The second-order valence-corrected chi connectivity index (χ2v) is 4.68. The molecule has 0 spiro atoms. The third-order valence-corrected chi connectivity index (χ3v) is 2.92. The number of halogens is 5. The van der Waals surface area contributed by atoms with Crippen LogP contribution in [-0.4, -0.2) is 6.21 Å². The van der Waals surface area contributed by atoms with Gasteiger partial charge in [0.05, 0.1) is 11.8 Å². The zero-order valence-corrected chi connectivity index (χ0v) is 11.7. The zero-order valence-electron chi connectivity index (χ0n) is 11.7. The van der Waals surface area contributed by atoms with Crippen LogP contribution in [0, 0.1) is 0 Å². The van der Waals surface area contributed by atoms with Gasteiger partial charge in [-0.1, -0.05) is 35.5 Å². The van der Waals surface area contributed by atoms with Crippen LogP contribution in [0.15, 0.2) is 53.7 Å². The van der Waals surface area contributed by atoms with Crippen LogP contribution in [0.1, 0.15) is 28.7 Å². The number of nitrogens with zero attached hydrogens (tertiary/aromatic N) is 1. The standard InChI is InChI=1S/C16H12F5NO/c17-15(18)13-5-1-4-12(7-13)10-23-22-9-11-3-2-6-14(8-11)16(19,20)21/h1-9,15H,10H2. The van der Waals surface area contributed by atoms with E-state index in [1.807, 2.05) is 0 Å². The Morgan fingerprint density at radius 3 is 2.48 bits per heavy atom. The number of alkyl halides is 5. The molecule has 0 saturated heterocycles. The topological polar surface area (TPSA) is 21.6 Å². The fourth-order valence-corrected chi connectivity index (χ4v) is 1.82. The molecule has 0 heterocycles. The molecule has 7 heteroatoms. The van der Waals surface area contributed by atoms with Gasteiger partial charge in [0.15, 0.2) is 0 Å². The smallest absolute Gasteiger partial charge is 0.391 e. The monoisotopic (exact) mass is 329 g/mol. The van der Waals surface area contributed by atoms with Crippen LogP contribution < -0.4 is 0 Å². The van der Waals surface area contributed by atoms with Crippen molar-refractivity contribution in [3.8, 4) is 0 Å². The number of rotatable bonds is 5. The van der Waals surface area contributed by atoms with Crippen LogP contribution in [0.3, 0.4) is 0 Å². The minimum Gasteiger partial charge on any atom is -0.391 e. The van der Waals surface area contributed by atoms with E-state index in [2.05, 4.69) is 5.16 Å². The average Bonchev–Trinajstić information content (AvgIpc) is 2.51. The molecule has 0 aliphatic carbocycles. The molecule has 0 saturated carbocycles. The number of oxime groups is 1. The molecule has 0 aromatic heterocycles. The molecule has 0 bridgehead atoms. The van der Waals surface area contributed by atoms with E-state index in [4.69, 9.17) is 4.84 Å². The molecule has 0 N–H and O–H groups in total. The van der Waals surface area contributed by atoms with Crippen molar-refractivity contribution in [2.45, 2.75) is 19.2 Å². The first kappa shape index (κ1) is 16.9. The van der Waals surface area contributed by atoms with E-state index in [-0.39, 0.29) is 17.7 Å². The summed E-state index contributed by atoms with van der Waals surface area (Å²) < 4.78 is 62.7. The van der Waals surface area contributed by atoms with Crippen molar-refractivity contribution in [3.05, 3.63) is 70.8 Å². The van der Waals surface area contributed by atoms with Gasteiger partial charge in [0.25, 0.3) is 6.43 Å². The predicted octanol–water partition coefficient (Wildman–Crippen LogP) is 5.19. The van der Waals surface area contributed by atoms with Gasteiger partial charge in [-0.3, -0.25) is 0 Å². The summed E-state index contributed by atoms with van der Waals surface area (Å²) in [5, 5.41) is 3.55. The van der Waals surface area contributed by atoms with Crippen molar-refractivity contribution >= 4 is 6.21 Å². The average molecular weight is 329 g/mol. The lowest BCUT2D eigenvalue weighted by Crippen LogP contribution is -2.05. The molecule has 0 aliphatic rings.